The minimum Gasteiger partial charge on any atom is -0.464 e. The topological polar surface area (TPSA) is 55.8 Å². The van der Waals surface area contributed by atoms with Crippen LogP contribution in [0.25, 0.3) is 0 Å². The van der Waals surface area contributed by atoms with E-state index in [2.05, 4.69) is 4.89 Å². The molecule has 84 valence electrons. The normalized spacial score (nSPS) is 16.1. The van der Waals surface area contributed by atoms with Gasteiger partial charge >= 0.3 is 5.97 Å². The predicted molar refractivity (Wildman–Crippen MR) is 52.8 cm³/mol. The third kappa shape index (κ3) is 2.25. The van der Waals surface area contributed by atoms with Crippen molar-refractivity contribution in [2.45, 2.75) is 46.6 Å². The van der Waals surface area contributed by atoms with Crippen molar-refractivity contribution >= 4 is 5.97 Å². The Labute approximate surface area is 85.1 Å². The monoisotopic (exact) mass is 204 g/mol. The summed E-state index contributed by atoms with van der Waals surface area (Å²) in [5.74, 6) is -0.516. The maximum Gasteiger partial charge on any atom is 0.342 e. The Morgan fingerprint density at radius 3 is 2.00 bits per heavy atom. The minimum atomic E-state index is -1.27. The molecule has 4 heteroatoms. The third-order valence-electron chi connectivity index (χ3n) is 2.47. The van der Waals surface area contributed by atoms with Gasteiger partial charge in [-0.25, -0.2) is 9.68 Å². The summed E-state index contributed by atoms with van der Waals surface area (Å²) >= 11 is 0. The number of hydrogen-bond donors (Lipinski definition) is 1. The Morgan fingerprint density at radius 2 is 1.79 bits per heavy atom. The highest BCUT2D eigenvalue weighted by Crippen LogP contribution is 2.37. The van der Waals surface area contributed by atoms with Gasteiger partial charge in [0.2, 0.25) is 5.60 Å². The number of esters is 1. The van der Waals surface area contributed by atoms with E-state index in [-0.39, 0.29) is 6.61 Å². The average Bonchev–Trinajstić information content (AvgIpc) is 2.05. The Bertz CT molecular complexity index is 189. The molecule has 0 heterocycles. The Balaban J connectivity index is 4.98. The second kappa shape index (κ2) is 4.75. The van der Waals surface area contributed by atoms with E-state index in [1.54, 1.807) is 13.8 Å². The molecular weight excluding hydrogens is 184 g/mol. The molecule has 1 unspecified atom stereocenters. The van der Waals surface area contributed by atoms with Gasteiger partial charge in [-0.05, 0) is 13.3 Å². The highest BCUT2D eigenvalue weighted by molar-refractivity contribution is 5.80. The Kier molecular flexibility index (Phi) is 4.55. The maximum atomic E-state index is 11.7. The van der Waals surface area contributed by atoms with Crippen molar-refractivity contribution < 1.29 is 19.7 Å². The molecule has 0 aromatic carbocycles. The first-order chi connectivity index (χ1) is 6.35. The summed E-state index contributed by atoms with van der Waals surface area (Å²) < 4.78 is 4.89. The van der Waals surface area contributed by atoms with Crippen molar-refractivity contribution in [3.8, 4) is 0 Å². The molecule has 0 aromatic rings. The molecule has 0 saturated heterocycles. The van der Waals surface area contributed by atoms with Crippen LogP contribution in [0.5, 0.6) is 0 Å². The molecular formula is C10H20O4. The summed E-state index contributed by atoms with van der Waals surface area (Å²) in [6.45, 7) is 9.24. The van der Waals surface area contributed by atoms with Crippen LogP contribution in [0.4, 0.5) is 0 Å². The summed E-state index contributed by atoms with van der Waals surface area (Å²) in [5, 5.41) is 8.91. The summed E-state index contributed by atoms with van der Waals surface area (Å²) in [5.41, 5.74) is -1.79. The third-order valence-corrected chi connectivity index (χ3v) is 2.47. The number of hydrogen-bond acceptors (Lipinski definition) is 4. The van der Waals surface area contributed by atoms with Gasteiger partial charge in [0.05, 0.1) is 6.61 Å². The molecule has 0 rings (SSSR count). The maximum absolute atomic E-state index is 11.7. The summed E-state index contributed by atoms with van der Waals surface area (Å²) in [6, 6.07) is 0. The highest BCUT2D eigenvalue weighted by Gasteiger charge is 2.50. The summed E-state index contributed by atoms with van der Waals surface area (Å²) in [7, 11) is 0. The van der Waals surface area contributed by atoms with Gasteiger partial charge in [0.1, 0.15) is 0 Å². The van der Waals surface area contributed by atoms with E-state index in [0.717, 1.165) is 0 Å². The molecule has 0 bridgehead atoms. The number of carbonyl (C=O) groups excluding carboxylic acids is 1. The first-order valence-corrected chi connectivity index (χ1v) is 4.85. The first kappa shape index (κ1) is 13.4. The molecule has 14 heavy (non-hydrogen) atoms. The fourth-order valence-corrected chi connectivity index (χ4v) is 1.47. The Morgan fingerprint density at radius 1 is 1.29 bits per heavy atom. The van der Waals surface area contributed by atoms with E-state index >= 15 is 0 Å². The molecule has 1 N–H and O–H groups in total. The van der Waals surface area contributed by atoms with E-state index in [0.29, 0.717) is 6.42 Å². The van der Waals surface area contributed by atoms with Gasteiger partial charge in [0, 0.05) is 5.41 Å². The molecule has 4 nitrogen and oxygen atoms in total. The molecule has 0 aromatic heterocycles. The fraction of sp³-hybridized carbons (Fsp3) is 0.900. The van der Waals surface area contributed by atoms with Crippen molar-refractivity contribution in [1.29, 1.82) is 0 Å². The summed E-state index contributed by atoms with van der Waals surface area (Å²) in [4.78, 5) is 16.1. The minimum absolute atomic E-state index is 0.278. The molecule has 1 atom stereocenters. The van der Waals surface area contributed by atoms with Crippen LogP contribution in [0.1, 0.15) is 41.0 Å². The highest BCUT2D eigenvalue weighted by atomic mass is 17.1. The number of rotatable bonds is 4. The van der Waals surface area contributed by atoms with Crippen molar-refractivity contribution in [3.05, 3.63) is 0 Å². The lowest BCUT2D eigenvalue weighted by Gasteiger charge is -2.38. The smallest absolute Gasteiger partial charge is 0.342 e. The lowest BCUT2D eigenvalue weighted by molar-refractivity contribution is -0.342. The van der Waals surface area contributed by atoms with Crippen LogP contribution in [-0.2, 0) is 14.4 Å². The predicted octanol–water partition coefficient (Wildman–Crippen LogP) is 2.23. The zero-order valence-corrected chi connectivity index (χ0v) is 9.59. The molecule has 0 saturated carbocycles. The largest absolute Gasteiger partial charge is 0.464 e. The second-order valence-electron chi connectivity index (χ2n) is 4.24. The van der Waals surface area contributed by atoms with Gasteiger partial charge in [-0.1, -0.05) is 27.7 Å². The van der Waals surface area contributed by atoms with E-state index in [1.165, 1.54) is 0 Å². The van der Waals surface area contributed by atoms with Crippen LogP contribution in [0.15, 0.2) is 0 Å². The molecule has 0 radical (unpaired) electrons. The molecule has 0 aliphatic carbocycles. The van der Waals surface area contributed by atoms with E-state index in [4.69, 9.17) is 9.99 Å². The van der Waals surface area contributed by atoms with Crippen LogP contribution >= 0.6 is 0 Å². The van der Waals surface area contributed by atoms with Gasteiger partial charge in [-0.15, -0.1) is 0 Å². The van der Waals surface area contributed by atoms with Gasteiger partial charge in [0.15, 0.2) is 0 Å². The van der Waals surface area contributed by atoms with Crippen LogP contribution < -0.4 is 0 Å². The van der Waals surface area contributed by atoms with Crippen LogP contribution in [0, 0.1) is 5.41 Å². The standard InChI is InChI=1S/C10H20O4/c1-6-10(14-12,9(3,4)5)8(11)13-7-2/h12H,6-7H2,1-5H3. The average molecular weight is 204 g/mol. The van der Waals surface area contributed by atoms with Crippen molar-refractivity contribution in [3.63, 3.8) is 0 Å². The second-order valence-corrected chi connectivity index (χ2v) is 4.24. The van der Waals surface area contributed by atoms with E-state index in [9.17, 15) is 4.79 Å². The van der Waals surface area contributed by atoms with Gasteiger partial charge < -0.3 is 4.74 Å². The molecule has 0 aliphatic rings. The fourth-order valence-electron chi connectivity index (χ4n) is 1.47. The number of carbonyl (C=O) groups is 1. The number of ether oxygens (including phenoxy) is 1. The Hall–Kier alpha value is -0.610. The van der Waals surface area contributed by atoms with Gasteiger partial charge in [-0.3, -0.25) is 5.26 Å². The van der Waals surface area contributed by atoms with Crippen LogP contribution in [0.2, 0.25) is 0 Å². The van der Waals surface area contributed by atoms with Crippen molar-refractivity contribution in [2.24, 2.45) is 5.41 Å². The summed E-state index contributed by atoms with van der Waals surface area (Å²) in [6.07, 6.45) is 0.367. The lowest BCUT2D eigenvalue weighted by Crippen LogP contribution is -2.52. The molecule has 0 aliphatic heterocycles. The van der Waals surface area contributed by atoms with E-state index in [1.807, 2.05) is 20.8 Å². The quantitative estimate of drug-likeness (QED) is 0.433. The molecule has 0 spiro atoms. The SMILES string of the molecule is CCOC(=O)C(CC)(OO)C(C)(C)C. The van der Waals surface area contributed by atoms with E-state index < -0.39 is 17.0 Å². The molecule has 0 amide bonds. The zero-order chi connectivity index (χ0) is 11.4. The van der Waals surface area contributed by atoms with Gasteiger partial charge in [-0.2, -0.15) is 0 Å². The lowest BCUT2D eigenvalue weighted by atomic mass is 9.74. The van der Waals surface area contributed by atoms with Crippen LogP contribution in [-0.4, -0.2) is 23.4 Å². The van der Waals surface area contributed by atoms with Crippen molar-refractivity contribution in [2.75, 3.05) is 6.61 Å². The zero-order valence-electron chi connectivity index (χ0n) is 9.59. The molecule has 0 fully saturated rings. The first-order valence-electron chi connectivity index (χ1n) is 4.85. The van der Waals surface area contributed by atoms with Crippen LogP contribution in [0.3, 0.4) is 0 Å². The van der Waals surface area contributed by atoms with Gasteiger partial charge in [0.25, 0.3) is 0 Å². The van der Waals surface area contributed by atoms with Crippen molar-refractivity contribution in [1.82, 2.24) is 0 Å².